The summed E-state index contributed by atoms with van der Waals surface area (Å²) in [5, 5.41) is 4.31. The van der Waals surface area contributed by atoms with Crippen molar-refractivity contribution in [2.45, 2.75) is 43.9 Å². The van der Waals surface area contributed by atoms with Gasteiger partial charge in [0, 0.05) is 21.2 Å². The molecule has 1 aromatic carbocycles. The Balaban J connectivity index is 1.53. The van der Waals surface area contributed by atoms with Gasteiger partial charge >= 0.3 is 5.97 Å². The van der Waals surface area contributed by atoms with Gasteiger partial charge in [0.1, 0.15) is 5.00 Å². The number of carbonyl (C=O) groups excluding carboxylic acids is 2. The van der Waals surface area contributed by atoms with E-state index >= 15 is 0 Å². The van der Waals surface area contributed by atoms with Crippen LogP contribution >= 0.6 is 34.7 Å². The van der Waals surface area contributed by atoms with E-state index in [9.17, 15) is 9.59 Å². The van der Waals surface area contributed by atoms with Gasteiger partial charge in [-0.25, -0.2) is 4.79 Å². The molecule has 3 rings (SSSR count). The molecule has 0 aliphatic heterocycles. The number of nitrogens with one attached hydrogen (secondary N) is 1. The maximum Gasteiger partial charge on any atom is 0.341 e. The third kappa shape index (κ3) is 5.27. The smallest absolute Gasteiger partial charge is 0.341 e. The van der Waals surface area contributed by atoms with Crippen LogP contribution in [0.25, 0.3) is 0 Å². The molecule has 27 heavy (non-hydrogen) atoms. The molecule has 0 unspecified atom stereocenters. The molecule has 1 heterocycles. The summed E-state index contributed by atoms with van der Waals surface area (Å²) in [6.45, 7) is 2.12. The number of rotatable bonds is 8. The van der Waals surface area contributed by atoms with Crippen LogP contribution in [0.15, 0.2) is 29.2 Å². The van der Waals surface area contributed by atoms with E-state index < -0.39 is 0 Å². The molecule has 0 spiro atoms. The molecule has 0 atom stereocenters. The molecule has 1 N–H and O–H groups in total. The van der Waals surface area contributed by atoms with Crippen LogP contribution in [0.2, 0.25) is 5.02 Å². The van der Waals surface area contributed by atoms with Crippen molar-refractivity contribution < 1.29 is 14.3 Å². The SMILES string of the molecule is CCOC(=O)c1c(NC(=O)CCCSc2ccc(Cl)cc2)sc2c1CCC2. The molecule has 2 aromatic rings. The van der Waals surface area contributed by atoms with Gasteiger partial charge < -0.3 is 10.1 Å². The predicted molar refractivity (Wildman–Crippen MR) is 112 cm³/mol. The minimum Gasteiger partial charge on any atom is -0.462 e. The third-order valence-electron chi connectivity index (χ3n) is 4.28. The number of hydrogen-bond donors (Lipinski definition) is 1. The zero-order valence-corrected chi connectivity index (χ0v) is 17.6. The van der Waals surface area contributed by atoms with Gasteiger partial charge in [0.25, 0.3) is 0 Å². The lowest BCUT2D eigenvalue weighted by Gasteiger charge is -2.08. The maximum atomic E-state index is 12.3. The van der Waals surface area contributed by atoms with Gasteiger partial charge in [0.15, 0.2) is 0 Å². The van der Waals surface area contributed by atoms with Gasteiger partial charge in [0.2, 0.25) is 5.91 Å². The van der Waals surface area contributed by atoms with Crippen molar-refractivity contribution >= 4 is 51.6 Å². The Bertz CT molecular complexity index is 817. The first-order valence-corrected chi connectivity index (χ1v) is 11.3. The van der Waals surface area contributed by atoms with Crippen LogP contribution in [0.4, 0.5) is 5.00 Å². The second kappa shape index (κ2) is 9.62. The molecule has 7 heteroatoms. The Kier molecular flexibility index (Phi) is 7.21. The number of anilines is 1. The van der Waals surface area contributed by atoms with Gasteiger partial charge in [-0.05, 0) is 68.2 Å². The molecule has 1 aliphatic rings. The normalized spacial score (nSPS) is 12.7. The van der Waals surface area contributed by atoms with Crippen LogP contribution in [-0.2, 0) is 22.4 Å². The van der Waals surface area contributed by atoms with Crippen LogP contribution in [0.5, 0.6) is 0 Å². The van der Waals surface area contributed by atoms with Crippen LogP contribution in [0.3, 0.4) is 0 Å². The first-order chi connectivity index (χ1) is 13.1. The first kappa shape index (κ1) is 20.2. The van der Waals surface area contributed by atoms with Gasteiger partial charge in [-0.2, -0.15) is 0 Å². The minimum atomic E-state index is -0.328. The molecular formula is C20H22ClNO3S2. The first-order valence-electron chi connectivity index (χ1n) is 9.08. The predicted octanol–water partition coefficient (Wildman–Crippen LogP) is 5.58. The van der Waals surface area contributed by atoms with Crippen LogP contribution < -0.4 is 5.32 Å². The van der Waals surface area contributed by atoms with E-state index in [1.54, 1.807) is 18.7 Å². The average Bonchev–Trinajstić information content (AvgIpc) is 3.21. The summed E-state index contributed by atoms with van der Waals surface area (Å²) < 4.78 is 5.19. The number of thioether (sulfide) groups is 1. The highest BCUT2D eigenvalue weighted by molar-refractivity contribution is 7.99. The molecule has 0 saturated heterocycles. The van der Waals surface area contributed by atoms with Crippen molar-refractivity contribution in [3.8, 4) is 0 Å². The zero-order chi connectivity index (χ0) is 19.2. The Labute approximate surface area is 172 Å². The van der Waals surface area contributed by atoms with Crippen molar-refractivity contribution in [1.29, 1.82) is 0 Å². The van der Waals surface area contributed by atoms with Gasteiger partial charge in [-0.3, -0.25) is 4.79 Å². The van der Waals surface area contributed by atoms with E-state index in [1.165, 1.54) is 16.2 Å². The molecule has 0 bridgehead atoms. The van der Waals surface area contributed by atoms with Crippen LogP contribution in [-0.4, -0.2) is 24.2 Å². The van der Waals surface area contributed by atoms with E-state index in [2.05, 4.69) is 5.32 Å². The fraction of sp³-hybridized carbons (Fsp3) is 0.400. The summed E-state index contributed by atoms with van der Waals surface area (Å²) in [6.07, 6.45) is 4.10. The second-order valence-corrected chi connectivity index (χ2v) is 8.95. The largest absolute Gasteiger partial charge is 0.462 e. The number of fused-ring (bicyclic) bond motifs is 1. The van der Waals surface area contributed by atoms with Crippen molar-refractivity contribution in [2.75, 3.05) is 17.7 Å². The third-order valence-corrected chi connectivity index (χ3v) is 6.84. The molecule has 0 fully saturated rings. The number of esters is 1. The molecule has 1 aromatic heterocycles. The zero-order valence-electron chi connectivity index (χ0n) is 15.2. The number of amides is 1. The highest BCUT2D eigenvalue weighted by Crippen LogP contribution is 2.39. The highest BCUT2D eigenvalue weighted by Gasteiger charge is 2.28. The van der Waals surface area contributed by atoms with E-state index in [-0.39, 0.29) is 11.9 Å². The number of ether oxygens (including phenoxy) is 1. The minimum absolute atomic E-state index is 0.0582. The number of hydrogen-bond acceptors (Lipinski definition) is 5. The van der Waals surface area contributed by atoms with Crippen molar-refractivity contribution in [2.24, 2.45) is 0 Å². The fourth-order valence-corrected chi connectivity index (χ4v) is 5.33. The van der Waals surface area contributed by atoms with Gasteiger partial charge in [-0.1, -0.05) is 11.6 Å². The molecule has 0 saturated carbocycles. The summed E-state index contributed by atoms with van der Waals surface area (Å²) >= 11 is 9.10. The number of benzene rings is 1. The number of carbonyl (C=O) groups is 2. The summed E-state index contributed by atoms with van der Waals surface area (Å²) in [6, 6.07) is 7.69. The molecule has 4 nitrogen and oxygen atoms in total. The lowest BCUT2D eigenvalue weighted by molar-refractivity contribution is -0.116. The summed E-state index contributed by atoms with van der Waals surface area (Å²) in [7, 11) is 0. The van der Waals surface area contributed by atoms with E-state index in [4.69, 9.17) is 16.3 Å². The molecule has 1 amide bonds. The van der Waals surface area contributed by atoms with Gasteiger partial charge in [0.05, 0.1) is 12.2 Å². The Morgan fingerprint density at radius 1 is 1.26 bits per heavy atom. The highest BCUT2D eigenvalue weighted by atomic mass is 35.5. The Hall–Kier alpha value is -1.50. The monoisotopic (exact) mass is 423 g/mol. The van der Waals surface area contributed by atoms with Gasteiger partial charge in [-0.15, -0.1) is 23.1 Å². The number of aryl methyl sites for hydroxylation is 1. The molecule has 144 valence electrons. The summed E-state index contributed by atoms with van der Waals surface area (Å²) in [5.74, 6) is 0.462. The van der Waals surface area contributed by atoms with Crippen molar-refractivity contribution in [3.05, 3.63) is 45.3 Å². The molecule has 0 radical (unpaired) electrons. The van der Waals surface area contributed by atoms with Crippen molar-refractivity contribution in [3.63, 3.8) is 0 Å². The maximum absolute atomic E-state index is 12.3. The summed E-state index contributed by atoms with van der Waals surface area (Å²) in [4.78, 5) is 27.0. The number of thiophene rings is 1. The quantitative estimate of drug-likeness (QED) is 0.342. The standard InChI is InChI=1S/C20H22ClNO3S2/c1-2-25-20(24)18-15-5-3-6-16(15)27-19(18)22-17(23)7-4-12-26-14-10-8-13(21)9-11-14/h8-11H,2-7,12H2,1H3,(H,22,23). The van der Waals surface area contributed by atoms with E-state index in [1.807, 2.05) is 24.3 Å². The Morgan fingerprint density at radius 3 is 2.78 bits per heavy atom. The van der Waals surface area contributed by atoms with Crippen molar-refractivity contribution in [1.82, 2.24) is 0 Å². The lowest BCUT2D eigenvalue weighted by Crippen LogP contribution is -2.15. The lowest BCUT2D eigenvalue weighted by atomic mass is 10.1. The fourth-order valence-electron chi connectivity index (χ4n) is 3.05. The van der Waals surface area contributed by atoms with E-state index in [0.717, 1.165) is 46.9 Å². The van der Waals surface area contributed by atoms with Crippen LogP contribution in [0.1, 0.15) is 47.0 Å². The number of halogens is 1. The topological polar surface area (TPSA) is 55.4 Å². The average molecular weight is 424 g/mol. The second-order valence-electron chi connectivity index (χ2n) is 6.24. The molecular weight excluding hydrogens is 402 g/mol. The summed E-state index contributed by atoms with van der Waals surface area (Å²) in [5.41, 5.74) is 1.63. The Morgan fingerprint density at radius 2 is 2.04 bits per heavy atom. The van der Waals surface area contributed by atoms with Crippen LogP contribution in [0, 0.1) is 0 Å². The van der Waals surface area contributed by atoms with E-state index in [0.29, 0.717) is 23.6 Å². The molecule has 1 aliphatic carbocycles.